The maximum Gasteiger partial charge on any atom is 0.389 e. The number of hydrogen-bond acceptors (Lipinski definition) is 5. The fourth-order valence-corrected chi connectivity index (χ4v) is 4.67. The van der Waals surface area contributed by atoms with Gasteiger partial charge in [0.2, 0.25) is 5.91 Å². The van der Waals surface area contributed by atoms with E-state index in [1.807, 2.05) is 31.2 Å². The van der Waals surface area contributed by atoms with Crippen molar-refractivity contribution in [3.8, 4) is 11.1 Å². The quantitative estimate of drug-likeness (QED) is 0.621. The summed E-state index contributed by atoms with van der Waals surface area (Å²) in [6.07, 6.45) is -4.78. The van der Waals surface area contributed by atoms with Gasteiger partial charge in [0.25, 0.3) is 0 Å². The van der Waals surface area contributed by atoms with Crippen molar-refractivity contribution in [2.75, 3.05) is 61.6 Å². The Balaban J connectivity index is 1.58. The van der Waals surface area contributed by atoms with E-state index in [4.69, 9.17) is 9.72 Å². The van der Waals surface area contributed by atoms with Crippen LogP contribution in [0.25, 0.3) is 11.1 Å². The molecule has 11 heteroatoms. The third-order valence-electron chi connectivity index (χ3n) is 6.84. The SMILES string of the molecule is CC(=O)N(C)c1cc(-c2cc(NC(=O)N3CCC(CC(F)(F)F)C3)ccc2C)cc(N2CCOCC2)n1. The molecule has 200 valence electrons. The fourth-order valence-electron chi connectivity index (χ4n) is 4.67. The first-order valence-corrected chi connectivity index (χ1v) is 12.3. The molecule has 1 atom stereocenters. The number of hydrogen-bond donors (Lipinski definition) is 1. The Morgan fingerprint density at radius 2 is 1.89 bits per heavy atom. The zero-order valence-electron chi connectivity index (χ0n) is 21.3. The standard InChI is InChI=1S/C26H32F3N5O3/c1-17-4-5-21(30-25(36)34-7-6-19(16-34)15-26(27,28)29)14-22(17)20-12-23(32(3)18(2)35)31-24(13-20)33-8-10-37-11-9-33/h4-5,12-14,19H,6-11,15-16H2,1-3H3,(H,30,36). The summed E-state index contributed by atoms with van der Waals surface area (Å²) in [5.41, 5.74) is 3.18. The summed E-state index contributed by atoms with van der Waals surface area (Å²) in [5, 5.41) is 2.84. The van der Waals surface area contributed by atoms with E-state index in [0.717, 1.165) is 22.5 Å². The number of urea groups is 1. The molecule has 0 spiro atoms. The van der Waals surface area contributed by atoms with Gasteiger partial charge in [-0.15, -0.1) is 0 Å². The number of nitrogens with one attached hydrogen (secondary N) is 1. The molecule has 3 heterocycles. The van der Waals surface area contributed by atoms with Crippen molar-refractivity contribution in [3.05, 3.63) is 35.9 Å². The van der Waals surface area contributed by atoms with Crippen molar-refractivity contribution in [2.24, 2.45) is 5.92 Å². The highest BCUT2D eigenvalue weighted by atomic mass is 19.4. The van der Waals surface area contributed by atoms with Crippen LogP contribution in [-0.4, -0.2) is 74.4 Å². The Hall–Kier alpha value is -3.34. The number of carbonyl (C=O) groups is 2. The van der Waals surface area contributed by atoms with Gasteiger partial charge in [-0.3, -0.25) is 4.79 Å². The van der Waals surface area contributed by atoms with Crippen LogP contribution in [0.15, 0.2) is 30.3 Å². The molecule has 2 aliphatic heterocycles. The molecule has 4 rings (SSSR count). The van der Waals surface area contributed by atoms with Gasteiger partial charge >= 0.3 is 12.2 Å². The van der Waals surface area contributed by atoms with Crippen molar-refractivity contribution in [3.63, 3.8) is 0 Å². The Kier molecular flexibility index (Phi) is 7.91. The monoisotopic (exact) mass is 519 g/mol. The largest absolute Gasteiger partial charge is 0.389 e. The Labute approximate surface area is 214 Å². The highest BCUT2D eigenvalue weighted by molar-refractivity contribution is 5.92. The summed E-state index contributed by atoms with van der Waals surface area (Å²) in [6, 6.07) is 8.87. The predicted molar refractivity (Wildman–Crippen MR) is 136 cm³/mol. The molecule has 1 aromatic heterocycles. The Bertz CT molecular complexity index is 1150. The van der Waals surface area contributed by atoms with Gasteiger partial charge in [0.05, 0.1) is 13.2 Å². The molecule has 0 bridgehead atoms. The number of aryl methyl sites for hydroxylation is 1. The second kappa shape index (κ2) is 11.0. The Morgan fingerprint density at radius 1 is 1.16 bits per heavy atom. The minimum absolute atomic E-state index is 0.0814. The lowest BCUT2D eigenvalue weighted by molar-refractivity contribution is -0.143. The second-order valence-corrected chi connectivity index (χ2v) is 9.63. The van der Waals surface area contributed by atoms with E-state index in [2.05, 4.69) is 10.2 Å². The van der Waals surface area contributed by atoms with Gasteiger partial charge < -0.3 is 24.8 Å². The summed E-state index contributed by atoms with van der Waals surface area (Å²) < 4.78 is 43.7. The van der Waals surface area contributed by atoms with Crippen LogP contribution in [0.1, 0.15) is 25.3 Å². The number of nitrogens with zero attached hydrogens (tertiary/aromatic N) is 4. The number of aromatic nitrogens is 1. The highest BCUT2D eigenvalue weighted by Crippen LogP contribution is 2.33. The topological polar surface area (TPSA) is 78.0 Å². The van der Waals surface area contributed by atoms with E-state index in [1.54, 1.807) is 13.1 Å². The number of amides is 3. The molecule has 2 aromatic rings. The first-order chi connectivity index (χ1) is 17.5. The number of rotatable bonds is 5. The molecule has 1 unspecified atom stereocenters. The van der Waals surface area contributed by atoms with Crippen LogP contribution in [0.2, 0.25) is 0 Å². The number of halogens is 3. The highest BCUT2D eigenvalue weighted by Gasteiger charge is 2.36. The van der Waals surface area contributed by atoms with E-state index < -0.39 is 24.5 Å². The zero-order chi connectivity index (χ0) is 26.7. The molecule has 0 radical (unpaired) electrons. The van der Waals surface area contributed by atoms with Crippen molar-refractivity contribution in [1.29, 1.82) is 0 Å². The average molecular weight is 520 g/mol. The molecule has 2 aliphatic rings. The number of benzene rings is 1. The lowest BCUT2D eigenvalue weighted by Gasteiger charge is -2.29. The second-order valence-electron chi connectivity index (χ2n) is 9.63. The van der Waals surface area contributed by atoms with Crippen LogP contribution in [-0.2, 0) is 9.53 Å². The molecule has 37 heavy (non-hydrogen) atoms. The number of carbonyl (C=O) groups excluding carboxylic acids is 2. The summed E-state index contributed by atoms with van der Waals surface area (Å²) in [6.45, 7) is 6.33. The molecule has 2 saturated heterocycles. The van der Waals surface area contributed by atoms with Gasteiger partial charge in [-0.25, -0.2) is 9.78 Å². The van der Waals surface area contributed by atoms with Crippen LogP contribution < -0.4 is 15.1 Å². The predicted octanol–water partition coefficient (Wildman–Crippen LogP) is 4.68. The number of pyridine rings is 1. The van der Waals surface area contributed by atoms with Gasteiger partial charge in [0.1, 0.15) is 11.6 Å². The molecule has 1 N–H and O–H groups in total. The third kappa shape index (κ3) is 6.71. The fraction of sp³-hybridized carbons (Fsp3) is 0.500. The number of morpholine rings is 1. The smallest absolute Gasteiger partial charge is 0.378 e. The summed E-state index contributed by atoms with van der Waals surface area (Å²) in [7, 11) is 1.67. The van der Waals surface area contributed by atoms with Gasteiger partial charge in [-0.1, -0.05) is 6.07 Å². The third-order valence-corrected chi connectivity index (χ3v) is 6.84. The average Bonchev–Trinajstić information content (AvgIpc) is 3.32. The van der Waals surface area contributed by atoms with E-state index in [9.17, 15) is 22.8 Å². The first kappa shape index (κ1) is 26.7. The van der Waals surface area contributed by atoms with E-state index in [0.29, 0.717) is 50.8 Å². The minimum Gasteiger partial charge on any atom is -0.378 e. The number of anilines is 3. The van der Waals surface area contributed by atoms with Gasteiger partial charge in [-0.05, 0) is 60.2 Å². The molecular formula is C26H32F3N5O3. The van der Waals surface area contributed by atoms with Crippen molar-refractivity contribution in [2.45, 2.75) is 32.9 Å². The van der Waals surface area contributed by atoms with Crippen LogP contribution in [0, 0.1) is 12.8 Å². The molecule has 3 amide bonds. The summed E-state index contributed by atoms with van der Waals surface area (Å²) in [5.74, 6) is 0.509. The lowest BCUT2D eigenvalue weighted by atomic mass is 10.00. The van der Waals surface area contributed by atoms with Gasteiger partial charge in [-0.2, -0.15) is 13.2 Å². The van der Waals surface area contributed by atoms with Gasteiger partial charge in [0.15, 0.2) is 0 Å². The van der Waals surface area contributed by atoms with Gasteiger partial charge in [0, 0.05) is 52.3 Å². The lowest BCUT2D eigenvalue weighted by Crippen LogP contribution is -2.37. The zero-order valence-corrected chi connectivity index (χ0v) is 21.3. The molecular weight excluding hydrogens is 487 g/mol. The van der Waals surface area contributed by atoms with E-state index in [1.165, 1.54) is 16.7 Å². The van der Waals surface area contributed by atoms with Crippen molar-refractivity contribution >= 4 is 29.3 Å². The molecule has 8 nitrogen and oxygen atoms in total. The molecule has 0 aliphatic carbocycles. The summed E-state index contributed by atoms with van der Waals surface area (Å²) in [4.78, 5) is 34.6. The van der Waals surface area contributed by atoms with E-state index in [-0.39, 0.29) is 12.5 Å². The van der Waals surface area contributed by atoms with Crippen molar-refractivity contribution < 1.29 is 27.5 Å². The molecule has 0 saturated carbocycles. The van der Waals surface area contributed by atoms with Crippen LogP contribution >= 0.6 is 0 Å². The molecule has 1 aromatic carbocycles. The molecule has 2 fully saturated rings. The van der Waals surface area contributed by atoms with Crippen LogP contribution in [0.3, 0.4) is 0 Å². The minimum atomic E-state index is -4.23. The first-order valence-electron chi connectivity index (χ1n) is 12.3. The van der Waals surface area contributed by atoms with Crippen molar-refractivity contribution in [1.82, 2.24) is 9.88 Å². The maximum atomic E-state index is 12.8. The number of alkyl halides is 3. The normalized spacial score (nSPS) is 18.2. The van der Waals surface area contributed by atoms with Crippen LogP contribution in [0.5, 0.6) is 0 Å². The van der Waals surface area contributed by atoms with Crippen LogP contribution in [0.4, 0.5) is 35.3 Å². The Morgan fingerprint density at radius 3 is 2.57 bits per heavy atom. The number of likely N-dealkylation sites (tertiary alicyclic amines) is 1. The van der Waals surface area contributed by atoms with E-state index >= 15 is 0 Å². The summed E-state index contributed by atoms with van der Waals surface area (Å²) >= 11 is 0. The number of ether oxygens (including phenoxy) is 1. The maximum absolute atomic E-state index is 12.8.